The van der Waals surface area contributed by atoms with Crippen LogP contribution in [0, 0.1) is 12.7 Å². The molecule has 0 fully saturated rings. The van der Waals surface area contributed by atoms with Crippen molar-refractivity contribution < 1.29 is 9.13 Å². The Labute approximate surface area is 209 Å². The Hall–Kier alpha value is -4.01. The van der Waals surface area contributed by atoms with Crippen LogP contribution in [0.2, 0.25) is 0 Å². The molecule has 0 radical (unpaired) electrons. The predicted molar refractivity (Wildman–Crippen MR) is 136 cm³/mol. The molecule has 0 amide bonds. The quantitative estimate of drug-likeness (QED) is 0.398. The van der Waals surface area contributed by atoms with E-state index in [0.29, 0.717) is 18.4 Å². The van der Waals surface area contributed by atoms with Gasteiger partial charge in [-0.3, -0.25) is 0 Å². The minimum atomic E-state index is -0.230. The Morgan fingerprint density at radius 3 is 2.75 bits per heavy atom. The lowest BCUT2D eigenvalue weighted by molar-refractivity contribution is 0.303. The van der Waals surface area contributed by atoms with Gasteiger partial charge in [-0.25, -0.2) is 19.0 Å². The van der Waals surface area contributed by atoms with Crippen molar-refractivity contribution in [3.63, 3.8) is 0 Å². The molecule has 2 N–H and O–H groups in total. The van der Waals surface area contributed by atoms with E-state index in [9.17, 15) is 4.39 Å². The molecule has 2 aromatic carbocycles. The molecular formula is C27H28FN7O. The Balaban J connectivity index is 1.41. The number of aryl methyl sites for hydroxylation is 1. The minimum absolute atomic E-state index is 0.104. The zero-order valence-corrected chi connectivity index (χ0v) is 20.3. The molecule has 4 aromatic rings. The highest BCUT2D eigenvalue weighted by Crippen LogP contribution is 2.41. The molecule has 0 spiro atoms. The number of fused-ring (bicyclic) bond motifs is 6. The summed E-state index contributed by atoms with van der Waals surface area (Å²) in [4.78, 5) is 14.1. The van der Waals surface area contributed by atoms with E-state index < -0.39 is 0 Å². The lowest BCUT2D eigenvalue weighted by atomic mass is 9.97. The Kier molecular flexibility index (Phi) is 5.75. The highest BCUT2D eigenvalue weighted by atomic mass is 19.1. The van der Waals surface area contributed by atoms with Crippen molar-refractivity contribution >= 4 is 17.5 Å². The first-order chi connectivity index (χ1) is 17.5. The van der Waals surface area contributed by atoms with E-state index in [4.69, 9.17) is 14.7 Å². The fourth-order valence-corrected chi connectivity index (χ4v) is 5.02. The van der Waals surface area contributed by atoms with Crippen LogP contribution in [-0.4, -0.2) is 37.4 Å². The smallest absolute Gasteiger partial charge is 0.229 e. The maximum Gasteiger partial charge on any atom is 0.229 e. The summed E-state index contributed by atoms with van der Waals surface area (Å²) in [5, 5.41) is 11.5. The number of nitrogens with one attached hydrogen (secondary N) is 2. The van der Waals surface area contributed by atoms with Gasteiger partial charge in [-0.1, -0.05) is 12.1 Å². The van der Waals surface area contributed by atoms with E-state index >= 15 is 0 Å². The summed E-state index contributed by atoms with van der Waals surface area (Å²) < 4.78 is 21.5. The number of hydrogen-bond acceptors (Lipinski definition) is 7. The van der Waals surface area contributed by atoms with Gasteiger partial charge in [0.25, 0.3) is 0 Å². The molecule has 3 heterocycles. The second-order valence-electron chi connectivity index (χ2n) is 9.48. The summed E-state index contributed by atoms with van der Waals surface area (Å²) in [6.45, 7) is 4.61. The molecule has 2 aromatic heterocycles. The molecule has 2 atom stereocenters. The van der Waals surface area contributed by atoms with Crippen LogP contribution >= 0.6 is 0 Å². The van der Waals surface area contributed by atoms with Crippen LogP contribution in [0.25, 0.3) is 5.69 Å². The third-order valence-corrected chi connectivity index (χ3v) is 6.82. The Morgan fingerprint density at radius 1 is 1.08 bits per heavy atom. The fourth-order valence-electron chi connectivity index (χ4n) is 5.02. The predicted octanol–water partition coefficient (Wildman–Crippen LogP) is 5.30. The molecule has 6 rings (SSSR count). The van der Waals surface area contributed by atoms with Gasteiger partial charge in [0, 0.05) is 29.3 Å². The zero-order chi connectivity index (χ0) is 24.6. The number of ether oxygens (including phenoxy) is 1. The molecule has 0 saturated carbocycles. The highest BCUT2D eigenvalue weighted by molar-refractivity contribution is 5.64. The number of hydrogen-bond donors (Lipinski definition) is 2. The van der Waals surface area contributed by atoms with Gasteiger partial charge in [-0.2, -0.15) is 10.1 Å². The monoisotopic (exact) mass is 485 g/mol. The summed E-state index contributed by atoms with van der Waals surface area (Å²) in [7, 11) is 0. The lowest BCUT2D eigenvalue weighted by Gasteiger charge is -2.19. The second-order valence-corrected chi connectivity index (χ2v) is 9.48. The van der Waals surface area contributed by atoms with Gasteiger partial charge in [-0.05, 0) is 69.4 Å². The Bertz CT molecular complexity index is 1400. The van der Waals surface area contributed by atoms with Crippen LogP contribution < -0.4 is 15.4 Å². The molecule has 0 saturated heterocycles. The van der Waals surface area contributed by atoms with Crippen molar-refractivity contribution in [2.75, 3.05) is 17.2 Å². The van der Waals surface area contributed by atoms with Gasteiger partial charge in [-0.15, -0.1) is 0 Å². The summed E-state index contributed by atoms with van der Waals surface area (Å²) in [5.41, 5.74) is 4.86. The maximum absolute atomic E-state index is 13.6. The molecule has 184 valence electrons. The minimum Gasteiger partial charge on any atom is -0.491 e. The van der Waals surface area contributed by atoms with Crippen LogP contribution in [0.15, 0.2) is 48.8 Å². The molecule has 1 aliphatic carbocycles. The average molecular weight is 486 g/mol. The van der Waals surface area contributed by atoms with Crippen molar-refractivity contribution in [3.8, 4) is 11.4 Å². The van der Waals surface area contributed by atoms with Gasteiger partial charge in [0.1, 0.15) is 35.2 Å². The van der Waals surface area contributed by atoms with Crippen LogP contribution in [0.3, 0.4) is 0 Å². The van der Waals surface area contributed by atoms with Gasteiger partial charge >= 0.3 is 0 Å². The summed E-state index contributed by atoms with van der Waals surface area (Å²) in [6.07, 6.45) is 5.31. The van der Waals surface area contributed by atoms with E-state index in [2.05, 4.69) is 27.6 Å². The van der Waals surface area contributed by atoms with E-state index in [1.807, 2.05) is 37.3 Å². The van der Waals surface area contributed by atoms with Crippen molar-refractivity contribution in [2.45, 2.75) is 51.5 Å². The number of benzene rings is 2. The molecule has 8 nitrogen and oxygen atoms in total. The summed E-state index contributed by atoms with van der Waals surface area (Å²) in [6, 6.07) is 12.8. The number of rotatable bonds is 2. The number of anilines is 3. The first-order valence-corrected chi connectivity index (χ1v) is 12.4. The van der Waals surface area contributed by atoms with Crippen LogP contribution in [-0.2, 0) is 6.42 Å². The first-order valence-electron chi connectivity index (χ1n) is 12.4. The molecule has 2 aliphatic rings. The SMILES string of the molecule is Cc1ncn(-c2ccc3cc2OCCCC(C)Nc2nc(nc4c2CCC4c2ccc(F)cc2)N3)n1. The Morgan fingerprint density at radius 2 is 1.94 bits per heavy atom. The molecule has 9 heteroatoms. The van der Waals surface area contributed by atoms with Gasteiger partial charge < -0.3 is 15.4 Å². The standard InChI is InChI=1S/C27H28FN7O/c1-16-4-3-13-36-24-14-20(9-12-23(24)35-15-29-17(2)34-35)31-27-32-25-21(18-5-7-19(28)8-6-18)10-11-22(25)26(30-16)33-27/h5-9,12,14-16,21H,3-4,10-11,13H2,1-2H3,(H2,30,31,32,33). The van der Waals surface area contributed by atoms with Crippen LogP contribution in [0.5, 0.6) is 5.75 Å². The van der Waals surface area contributed by atoms with E-state index in [1.165, 1.54) is 12.1 Å². The topological polar surface area (TPSA) is 89.8 Å². The number of aromatic nitrogens is 5. The van der Waals surface area contributed by atoms with Crippen LogP contribution in [0.1, 0.15) is 54.7 Å². The van der Waals surface area contributed by atoms with E-state index in [-0.39, 0.29) is 17.8 Å². The van der Waals surface area contributed by atoms with Crippen molar-refractivity contribution in [2.24, 2.45) is 0 Å². The van der Waals surface area contributed by atoms with Gasteiger partial charge in [0.05, 0.1) is 12.3 Å². The van der Waals surface area contributed by atoms with Crippen LogP contribution in [0.4, 0.5) is 21.8 Å². The van der Waals surface area contributed by atoms with Gasteiger partial charge in [0.2, 0.25) is 5.95 Å². The van der Waals surface area contributed by atoms with Gasteiger partial charge in [0.15, 0.2) is 0 Å². The van der Waals surface area contributed by atoms with E-state index in [1.54, 1.807) is 11.0 Å². The molecular weight excluding hydrogens is 457 g/mol. The van der Waals surface area contributed by atoms with Crippen molar-refractivity contribution in [3.05, 3.63) is 77.3 Å². The largest absolute Gasteiger partial charge is 0.491 e. The summed E-state index contributed by atoms with van der Waals surface area (Å²) in [5.74, 6) is 2.68. The molecule has 1 aliphatic heterocycles. The first kappa shape index (κ1) is 22.5. The normalized spacial score (nSPS) is 19.1. The van der Waals surface area contributed by atoms with Crippen molar-refractivity contribution in [1.29, 1.82) is 0 Å². The summed E-state index contributed by atoms with van der Waals surface area (Å²) >= 11 is 0. The highest BCUT2D eigenvalue weighted by Gasteiger charge is 2.30. The average Bonchev–Trinajstić information content (AvgIpc) is 3.49. The third kappa shape index (κ3) is 4.36. The zero-order valence-electron chi connectivity index (χ0n) is 20.3. The fraction of sp³-hybridized carbons (Fsp3) is 0.333. The molecule has 2 unspecified atom stereocenters. The second kappa shape index (κ2) is 9.22. The third-order valence-electron chi connectivity index (χ3n) is 6.82. The number of halogens is 1. The van der Waals surface area contributed by atoms with E-state index in [0.717, 1.165) is 65.4 Å². The molecule has 36 heavy (non-hydrogen) atoms. The maximum atomic E-state index is 13.6. The number of nitrogens with zero attached hydrogens (tertiary/aromatic N) is 5. The van der Waals surface area contributed by atoms with Crippen molar-refractivity contribution in [1.82, 2.24) is 24.7 Å². The lowest BCUT2D eigenvalue weighted by Crippen LogP contribution is -2.19. The molecule has 4 bridgehead atoms.